The van der Waals surface area contributed by atoms with E-state index in [4.69, 9.17) is 12.2 Å². The Morgan fingerprint density at radius 1 is 0.857 bits per heavy atom. The van der Waals surface area contributed by atoms with E-state index in [0.29, 0.717) is 28.6 Å². The van der Waals surface area contributed by atoms with Gasteiger partial charge in [0.15, 0.2) is 0 Å². The Hall–Kier alpha value is -3.13. The predicted molar refractivity (Wildman–Crippen MR) is 149 cm³/mol. The number of para-hydroxylation sites is 2. The summed E-state index contributed by atoms with van der Waals surface area (Å²) in [4.78, 5) is 32.4. The van der Waals surface area contributed by atoms with Gasteiger partial charge in [0.05, 0.1) is 16.3 Å². The first-order chi connectivity index (χ1) is 17.1. The molecule has 0 atom stereocenters. The minimum atomic E-state index is -0.102. The number of anilines is 2. The lowest BCUT2D eigenvalue weighted by atomic mass is 10.2. The van der Waals surface area contributed by atoms with Crippen LogP contribution in [0.5, 0.6) is 0 Å². The summed E-state index contributed by atoms with van der Waals surface area (Å²) in [7, 11) is 0. The molecular weight excluding hydrogens is 493 g/mol. The van der Waals surface area contributed by atoms with Crippen molar-refractivity contribution in [3.05, 3.63) is 101 Å². The van der Waals surface area contributed by atoms with Gasteiger partial charge in [0.2, 0.25) is 5.91 Å². The molecule has 2 amide bonds. The first kappa shape index (κ1) is 23.6. The van der Waals surface area contributed by atoms with E-state index in [2.05, 4.69) is 0 Å². The summed E-state index contributed by atoms with van der Waals surface area (Å²) in [6.07, 6.45) is 6.48. The van der Waals surface area contributed by atoms with Crippen molar-refractivity contribution in [3.63, 3.8) is 0 Å². The molecule has 4 nitrogen and oxygen atoms in total. The quantitative estimate of drug-likeness (QED) is 0.260. The molecule has 0 bridgehead atoms. The number of carbonyl (C=O) groups excluding carboxylic acids is 2. The Kier molecular flexibility index (Phi) is 7.18. The molecule has 1 saturated heterocycles. The van der Waals surface area contributed by atoms with Crippen LogP contribution < -0.4 is 4.90 Å². The number of benzene rings is 3. The largest absolute Gasteiger partial charge is 0.293 e. The Labute approximate surface area is 218 Å². The van der Waals surface area contributed by atoms with Gasteiger partial charge in [0.25, 0.3) is 5.91 Å². The van der Waals surface area contributed by atoms with Crippen molar-refractivity contribution in [1.82, 2.24) is 4.90 Å². The fourth-order valence-corrected chi connectivity index (χ4v) is 6.31. The van der Waals surface area contributed by atoms with E-state index in [1.807, 2.05) is 91.0 Å². The third-order valence-electron chi connectivity index (χ3n) is 5.66. The van der Waals surface area contributed by atoms with Crippen LogP contribution in [0.25, 0.3) is 6.08 Å². The van der Waals surface area contributed by atoms with Gasteiger partial charge in [-0.2, -0.15) is 0 Å². The van der Waals surface area contributed by atoms with Gasteiger partial charge in [-0.05, 0) is 42.3 Å². The Morgan fingerprint density at radius 2 is 1.49 bits per heavy atom. The maximum atomic E-state index is 13.4. The number of hydrogen-bond acceptors (Lipinski definition) is 5. The van der Waals surface area contributed by atoms with Crippen molar-refractivity contribution >= 4 is 69.3 Å². The van der Waals surface area contributed by atoms with Crippen LogP contribution in [0.3, 0.4) is 0 Å². The highest BCUT2D eigenvalue weighted by molar-refractivity contribution is 8.26. The molecule has 174 valence electrons. The van der Waals surface area contributed by atoms with Gasteiger partial charge < -0.3 is 0 Å². The molecule has 0 aromatic heterocycles. The van der Waals surface area contributed by atoms with Crippen LogP contribution in [0.4, 0.5) is 11.4 Å². The normalized spacial score (nSPS) is 16.2. The number of fused-ring (bicyclic) bond motifs is 2. The molecule has 35 heavy (non-hydrogen) atoms. The van der Waals surface area contributed by atoms with Gasteiger partial charge >= 0.3 is 0 Å². The van der Waals surface area contributed by atoms with Gasteiger partial charge in [-0.15, -0.1) is 0 Å². The maximum Gasteiger partial charge on any atom is 0.266 e. The number of thioether (sulfide) groups is 1. The zero-order valence-electron chi connectivity index (χ0n) is 18.8. The van der Waals surface area contributed by atoms with Gasteiger partial charge in [-0.3, -0.25) is 19.4 Å². The topological polar surface area (TPSA) is 40.6 Å². The van der Waals surface area contributed by atoms with Crippen molar-refractivity contribution in [2.75, 3.05) is 11.4 Å². The zero-order chi connectivity index (χ0) is 24.2. The maximum absolute atomic E-state index is 13.4. The molecule has 3 aromatic carbocycles. The molecule has 0 aliphatic carbocycles. The molecule has 2 aliphatic rings. The highest BCUT2D eigenvalue weighted by Gasteiger charge is 2.32. The second kappa shape index (κ2) is 10.6. The zero-order valence-corrected chi connectivity index (χ0v) is 21.2. The number of hydrogen-bond donors (Lipinski definition) is 0. The van der Waals surface area contributed by atoms with Crippen LogP contribution >= 0.6 is 35.7 Å². The second-order valence-electron chi connectivity index (χ2n) is 8.00. The number of nitrogens with zero attached hydrogens (tertiary/aromatic N) is 2. The van der Waals surface area contributed by atoms with Gasteiger partial charge in [0.1, 0.15) is 4.32 Å². The van der Waals surface area contributed by atoms with Crippen LogP contribution in [0, 0.1) is 0 Å². The number of thiocarbonyl (C=S) groups is 1. The predicted octanol–water partition coefficient (Wildman–Crippen LogP) is 7.05. The van der Waals surface area contributed by atoms with E-state index < -0.39 is 0 Å². The summed E-state index contributed by atoms with van der Waals surface area (Å²) in [5.41, 5.74) is 2.87. The first-order valence-electron chi connectivity index (χ1n) is 11.3. The van der Waals surface area contributed by atoms with E-state index in [1.165, 1.54) is 11.8 Å². The van der Waals surface area contributed by atoms with Crippen LogP contribution in [0.1, 0.15) is 18.4 Å². The van der Waals surface area contributed by atoms with Crippen molar-refractivity contribution in [3.8, 4) is 0 Å². The van der Waals surface area contributed by atoms with Crippen molar-refractivity contribution < 1.29 is 9.59 Å². The van der Waals surface area contributed by atoms with Crippen LogP contribution in [-0.2, 0) is 9.59 Å². The summed E-state index contributed by atoms with van der Waals surface area (Å²) in [5, 5.41) is 0. The molecular formula is C28H22N2O2S3. The molecule has 3 aromatic rings. The van der Waals surface area contributed by atoms with Crippen molar-refractivity contribution in [1.29, 1.82) is 0 Å². The molecule has 5 rings (SSSR count). The van der Waals surface area contributed by atoms with Crippen LogP contribution in [0.15, 0.2) is 106 Å². The number of allylic oxidation sites excluding steroid dienone is 2. The lowest BCUT2D eigenvalue weighted by Gasteiger charge is -2.31. The lowest BCUT2D eigenvalue weighted by molar-refractivity contribution is -0.123. The smallest absolute Gasteiger partial charge is 0.266 e. The minimum Gasteiger partial charge on any atom is -0.293 e. The van der Waals surface area contributed by atoms with Gasteiger partial charge in [-0.1, -0.05) is 102 Å². The molecule has 0 saturated carbocycles. The van der Waals surface area contributed by atoms with Crippen LogP contribution in [0.2, 0.25) is 0 Å². The van der Waals surface area contributed by atoms with Gasteiger partial charge in [0, 0.05) is 22.8 Å². The standard InChI is InChI=1S/C28H22N2O2S3/c31-26(30-21-13-4-6-15-23(21)34-24-16-7-5-14-22(24)30)18-9-19-29-27(32)25(35-28(29)33)17-8-12-20-10-2-1-3-11-20/h1-8,10-17H,9,18-19H2/b12-8+,25-17-. The lowest BCUT2D eigenvalue weighted by Crippen LogP contribution is -2.32. The van der Waals surface area contributed by atoms with Crippen molar-refractivity contribution in [2.24, 2.45) is 0 Å². The molecule has 0 radical (unpaired) electrons. The van der Waals surface area contributed by atoms with Crippen LogP contribution in [-0.4, -0.2) is 27.6 Å². The third kappa shape index (κ3) is 5.12. The van der Waals surface area contributed by atoms with E-state index in [9.17, 15) is 9.59 Å². The highest BCUT2D eigenvalue weighted by Crippen LogP contribution is 2.48. The summed E-state index contributed by atoms with van der Waals surface area (Å²) < 4.78 is 0.534. The molecule has 2 aliphatic heterocycles. The Bertz CT molecular complexity index is 1310. The van der Waals surface area contributed by atoms with E-state index >= 15 is 0 Å². The molecule has 0 N–H and O–H groups in total. The summed E-state index contributed by atoms with van der Waals surface area (Å²) in [6.45, 7) is 0.419. The average Bonchev–Trinajstić information content (AvgIpc) is 3.15. The fourth-order valence-electron chi connectivity index (χ4n) is 3.99. The molecule has 7 heteroatoms. The monoisotopic (exact) mass is 514 g/mol. The van der Waals surface area contributed by atoms with E-state index in [1.54, 1.807) is 27.6 Å². The summed E-state index contributed by atoms with van der Waals surface area (Å²) in [6, 6.07) is 25.8. The molecule has 2 heterocycles. The molecule has 0 spiro atoms. The molecule has 0 unspecified atom stereocenters. The van der Waals surface area contributed by atoms with Gasteiger partial charge in [-0.25, -0.2) is 0 Å². The minimum absolute atomic E-state index is 0.0111. The van der Waals surface area contributed by atoms with E-state index in [-0.39, 0.29) is 11.8 Å². The summed E-state index contributed by atoms with van der Waals surface area (Å²) >= 11 is 8.43. The molecule has 1 fully saturated rings. The second-order valence-corrected chi connectivity index (χ2v) is 10.8. The first-order valence-corrected chi connectivity index (χ1v) is 13.3. The highest BCUT2D eigenvalue weighted by atomic mass is 32.2. The van der Waals surface area contributed by atoms with Crippen molar-refractivity contribution in [2.45, 2.75) is 22.6 Å². The Balaban J connectivity index is 1.23. The third-order valence-corrected chi connectivity index (χ3v) is 8.19. The SMILES string of the molecule is O=C1/C(=C/C=C/c2ccccc2)SC(=S)N1CCCC(=O)N1c2ccccc2Sc2ccccc21. The number of rotatable bonds is 6. The van der Waals surface area contributed by atoms with E-state index in [0.717, 1.165) is 26.7 Å². The summed E-state index contributed by atoms with van der Waals surface area (Å²) in [5.74, 6) is -0.0906. The fraction of sp³-hybridized carbons (Fsp3) is 0.107. The number of amides is 2. The number of carbonyl (C=O) groups is 2. The Morgan fingerprint density at radius 3 is 2.17 bits per heavy atom. The average molecular weight is 515 g/mol.